The van der Waals surface area contributed by atoms with E-state index in [1.807, 2.05) is 0 Å². The van der Waals surface area contributed by atoms with E-state index in [2.05, 4.69) is 81.1 Å². The molecule has 0 aliphatic carbocycles. The Morgan fingerprint density at radius 1 is 0.636 bits per heavy atom. The third-order valence-corrected chi connectivity index (χ3v) is 6.85. The maximum absolute atomic E-state index is 2.62. The van der Waals surface area contributed by atoms with Crippen molar-refractivity contribution in [2.24, 2.45) is 5.92 Å². The van der Waals surface area contributed by atoms with Gasteiger partial charge in [-0.05, 0) is 67.3 Å². The summed E-state index contributed by atoms with van der Waals surface area (Å²) in [5, 5.41) is 0. The zero-order valence-corrected chi connectivity index (χ0v) is 22.2. The Hall–Kier alpha value is -1.76. The third-order valence-electron chi connectivity index (χ3n) is 6.85. The molecule has 33 heavy (non-hydrogen) atoms. The van der Waals surface area contributed by atoms with Gasteiger partial charge in [-0.3, -0.25) is 0 Å². The van der Waals surface area contributed by atoms with Gasteiger partial charge in [0.1, 0.15) is 0 Å². The molecule has 0 saturated heterocycles. The van der Waals surface area contributed by atoms with Crippen LogP contribution in [0.4, 0.5) is 11.4 Å². The van der Waals surface area contributed by atoms with Crippen molar-refractivity contribution in [2.75, 3.05) is 11.4 Å². The quantitative estimate of drug-likeness (QED) is 0.205. The molecule has 0 bridgehead atoms. The van der Waals surface area contributed by atoms with Crippen LogP contribution in [0.2, 0.25) is 0 Å². The molecule has 2 aromatic carbocycles. The number of benzene rings is 2. The molecule has 1 nitrogen and oxygen atoms in total. The number of hydrogen-bond donors (Lipinski definition) is 0. The zero-order valence-electron chi connectivity index (χ0n) is 22.2. The maximum Gasteiger partial charge on any atom is 0.0446 e. The number of rotatable bonds is 18. The predicted octanol–water partition coefficient (Wildman–Crippen LogP) is 10.3. The minimum Gasteiger partial charge on any atom is -0.341 e. The van der Waals surface area contributed by atoms with Crippen LogP contribution in [0.15, 0.2) is 48.5 Å². The number of aryl methyl sites for hydroxylation is 1. The lowest BCUT2D eigenvalue weighted by molar-refractivity contribution is 0.527. The van der Waals surface area contributed by atoms with Gasteiger partial charge in [-0.25, -0.2) is 0 Å². The topological polar surface area (TPSA) is 3.24 Å². The van der Waals surface area contributed by atoms with Crippen molar-refractivity contribution in [3.8, 4) is 0 Å². The standard InChI is InChI=1S/C32H51N/c1-5-7-9-10-11-18-27-33(30-23-16-13-17-24-30)32-26-19-22-29(31(32)25-8-6-2)21-15-12-14-20-28(3)4/h13,16-17,19,22-24,26,28H,5-12,14-15,18,20-21,25,27H2,1-4H3. The van der Waals surface area contributed by atoms with Crippen molar-refractivity contribution in [3.63, 3.8) is 0 Å². The molecule has 0 aliphatic rings. The van der Waals surface area contributed by atoms with Gasteiger partial charge in [0.2, 0.25) is 0 Å². The van der Waals surface area contributed by atoms with Crippen LogP contribution in [-0.2, 0) is 12.8 Å². The fourth-order valence-electron chi connectivity index (χ4n) is 4.84. The summed E-state index contributed by atoms with van der Waals surface area (Å²) in [7, 11) is 0. The van der Waals surface area contributed by atoms with Crippen LogP contribution in [0.25, 0.3) is 0 Å². The van der Waals surface area contributed by atoms with Crippen LogP contribution in [0.5, 0.6) is 0 Å². The molecule has 0 aromatic heterocycles. The maximum atomic E-state index is 2.62. The fraction of sp³-hybridized carbons (Fsp3) is 0.625. The van der Waals surface area contributed by atoms with Gasteiger partial charge in [-0.1, -0.05) is 116 Å². The van der Waals surface area contributed by atoms with Crippen molar-refractivity contribution < 1.29 is 0 Å². The summed E-state index contributed by atoms with van der Waals surface area (Å²) in [6.07, 6.45) is 18.4. The summed E-state index contributed by atoms with van der Waals surface area (Å²) >= 11 is 0. The molecule has 0 spiro atoms. The monoisotopic (exact) mass is 449 g/mol. The lowest BCUT2D eigenvalue weighted by atomic mass is 9.94. The molecule has 184 valence electrons. The van der Waals surface area contributed by atoms with Gasteiger partial charge in [-0.2, -0.15) is 0 Å². The van der Waals surface area contributed by atoms with Gasteiger partial charge in [0.05, 0.1) is 0 Å². The molecule has 0 N–H and O–H groups in total. The van der Waals surface area contributed by atoms with E-state index in [9.17, 15) is 0 Å². The van der Waals surface area contributed by atoms with Crippen molar-refractivity contribution in [1.29, 1.82) is 0 Å². The highest BCUT2D eigenvalue weighted by Gasteiger charge is 2.16. The van der Waals surface area contributed by atoms with E-state index in [0.717, 1.165) is 12.5 Å². The summed E-state index contributed by atoms with van der Waals surface area (Å²) < 4.78 is 0. The lowest BCUT2D eigenvalue weighted by Crippen LogP contribution is -2.20. The smallest absolute Gasteiger partial charge is 0.0446 e. The van der Waals surface area contributed by atoms with E-state index in [1.54, 1.807) is 11.1 Å². The van der Waals surface area contributed by atoms with Gasteiger partial charge in [0, 0.05) is 17.9 Å². The van der Waals surface area contributed by atoms with Crippen molar-refractivity contribution in [2.45, 2.75) is 118 Å². The Morgan fingerprint density at radius 3 is 2.06 bits per heavy atom. The normalized spacial score (nSPS) is 11.3. The van der Waals surface area contributed by atoms with E-state index < -0.39 is 0 Å². The van der Waals surface area contributed by atoms with Gasteiger partial charge in [0.25, 0.3) is 0 Å². The Kier molecular flexibility index (Phi) is 14.0. The van der Waals surface area contributed by atoms with Crippen LogP contribution in [0.1, 0.15) is 116 Å². The van der Waals surface area contributed by atoms with Crippen LogP contribution >= 0.6 is 0 Å². The molecule has 0 amide bonds. The third kappa shape index (κ3) is 10.4. The fourth-order valence-corrected chi connectivity index (χ4v) is 4.84. The summed E-state index contributed by atoms with van der Waals surface area (Å²) in [6, 6.07) is 18.2. The number of nitrogens with zero attached hydrogens (tertiary/aromatic N) is 1. The molecule has 0 saturated carbocycles. The van der Waals surface area contributed by atoms with Crippen LogP contribution < -0.4 is 4.90 Å². The number of para-hydroxylation sites is 1. The first kappa shape index (κ1) is 27.5. The van der Waals surface area contributed by atoms with Crippen LogP contribution in [0, 0.1) is 5.92 Å². The highest BCUT2D eigenvalue weighted by Crippen LogP contribution is 2.33. The van der Waals surface area contributed by atoms with Crippen molar-refractivity contribution in [3.05, 3.63) is 59.7 Å². The van der Waals surface area contributed by atoms with Crippen molar-refractivity contribution >= 4 is 11.4 Å². The molecule has 2 aromatic rings. The minimum absolute atomic E-state index is 0.829. The average molecular weight is 450 g/mol. The van der Waals surface area contributed by atoms with E-state index >= 15 is 0 Å². The van der Waals surface area contributed by atoms with Crippen molar-refractivity contribution in [1.82, 2.24) is 0 Å². The molecule has 0 radical (unpaired) electrons. The van der Waals surface area contributed by atoms with E-state index in [4.69, 9.17) is 0 Å². The van der Waals surface area contributed by atoms with Gasteiger partial charge in [0.15, 0.2) is 0 Å². The molecule has 0 unspecified atom stereocenters. The van der Waals surface area contributed by atoms with Crippen LogP contribution in [0.3, 0.4) is 0 Å². The van der Waals surface area contributed by atoms with Gasteiger partial charge in [-0.15, -0.1) is 0 Å². The zero-order chi connectivity index (χ0) is 23.7. The number of anilines is 2. The van der Waals surface area contributed by atoms with E-state index in [1.165, 1.54) is 101 Å². The molecular weight excluding hydrogens is 398 g/mol. The van der Waals surface area contributed by atoms with E-state index in [0.29, 0.717) is 0 Å². The Morgan fingerprint density at radius 2 is 1.33 bits per heavy atom. The second-order valence-corrected chi connectivity index (χ2v) is 10.3. The molecule has 0 fully saturated rings. The first-order valence-electron chi connectivity index (χ1n) is 14.1. The number of unbranched alkanes of at least 4 members (excludes halogenated alkanes) is 8. The lowest BCUT2D eigenvalue weighted by Gasteiger charge is -2.29. The SMILES string of the molecule is CCCCCCCCN(c1ccccc1)c1cccc(CCCCCC(C)C)c1CCCC. The Balaban J connectivity index is 2.18. The minimum atomic E-state index is 0.829. The highest BCUT2D eigenvalue weighted by atomic mass is 15.1. The summed E-state index contributed by atoms with van der Waals surface area (Å²) in [5.74, 6) is 0.829. The first-order valence-corrected chi connectivity index (χ1v) is 14.1. The molecular formula is C32H51N. The highest BCUT2D eigenvalue weighted by molar-refractivity contribution is 5.68. The number of hydrogen-bond acceptors (Lipinski definition) is 1. The first-order chi connectivity index (χ1) is 16.2. The Labute approximate surface area is 206 Å². The second-order valence-electron chi connectivity index (χ2n) is 10.3. The summed E-state index contributed by atoms with van der Waals surface area (Å²) in [5.41, 5.74) is 6.01. The van der Waals surface area contributed by atoms with Gasteiger partial charge < -0.3 is 4.90 Å². The molecule has 1 heteroatoms. The average Bonchev–Trinajstić information content (AvgIpc) is 2.83. The predicted molar refractivity (Wildman–Crippen MR) is 149 cm³/mol. The molecule has 2 rings (SSSR count). The summed E-state index contributed by atoms with van der Waals surface area (Å²) in [4.78, 5) is 2.62. The molecule has 0 aliphatic heterocycles. The van der Waals surface area contributed by atoms with Crippen LogP contribution in [-0.4, -0.2) is 6.54 Å². The second kappa shape index (κ2) is 16.8. The van der Waals surface area contributed by atoms with E-state index in [-0.39, 0.29) is 0 Å². The molecule has 0 heterocycles. The largest absolute Gasteiger partial charge is 0.341 e. The van der Waals surface area contributed by atoms with Gasteiger partial charge >= 0.3 is 0 Å². The summed E-state index contributed by atoms with van der Waals surface area (Å²) in [6.45, 7) is 10.4. The molecule has 0 atom stereocenters. The Bertz CT molecular complexity index is 733.